The molecule has 0 amide bonds. The highest BCUT2D eigenvalue weighted by Crippen LogP contribution is 2.22. The van der Waals surface area contributed by atoms with Crippen LogP contribution in [0.3, 0.4) is 0 Å². The van der Waals surface area contributed by atoms with Gasteiger partial charge in [0, 0.05) is 36.3 Å². The van der Waals surface area contributed by atoms with Crippen molar-refractivity contribution >= 4 is 22.6 Å². The van der Waals surface area contributed by atoms with Crippen LogP contribution in [0.2, 0.25) is 0 Å². The van der Waals surface area contributed by atoms with Crippen molar-refractivity contribution in [3.63, 3.8) is 0 Å². The minimum atomic E-state index is -0.792. The summed E-state index contributed by atoms with van der Waals surface area (Å²) in [4.78, 5) is 17.4. The Morgan fingerprint density at radius 1 is 1.24 bits per heavy atom. The van der Waals surface area contributed by atoms with Crippen molar-refractivity contribution in [2.24, 2.45) is 0 Å². The number of pyridine rings is 1. The van der Waals surface area contributed by atoms with Crippen LogP contribution in [0.15, 0.2) is 30.3 Å². The van der Waals surface area contributed by atoms with Crippen molar-refractivity contribution in [3.05, 3.63) is 36.0 Å². The molecule has 0 bridgehead atoms. The molecule has 1 N–H and O–H groups in total. The molecule has 5 nitrogen and oxygen atoms in total. The molecule has 1 fully saturated rings. The van der Waals surface area contributed by atoms with E-state index in [1.54, 1.807) is 0 Å². The summed E-state index contributed by atoms with van der Waals surface area (Å²) >= 11 is 0. The zero-order valence-corrected chi connectivity index (χ0v) is 11.8. The molecular weight excluding hydrogens is 268 g/mol. The van der Waals surface area contributed by atoms with Gasteiger partial charge in [0.1, 0.15) is 0 Å². The maximum Gasteiger partial charge on any atom is 0.303 e. The summed E-state index contributed by atoms with van der Waals surface area (Å²) in [5.74, 6) is -0.792. The van der Waals surface area contributed by atoms with E-state index in [1.807, 2.05) is 18.2 Å². The lowest BCUT2D eigenvalue weighted by Crippen LogP contribution is -2.36. The summed E-state index contributed by atoms with van der Waals surface area (Å²) < 4.78 is 5.37. The molecule has 110 valence electrons. The third kappa shape index (κ3) is 3.31. The van der Waals surface area contributed by atoms with Gasteiger partial charge in [0.15, 0.2) is 0 Å². The van der Waals surface area contributed by atoms with Crippen LogP contribution in [0.4, 0.5) is 5.69 Å². The molecule has 0 radical (unpaired) electrons. The number of morpholine rings is 1. The lowest BCUT2D eigenvalue weighted by atomic mass is 10.1. The second kappa shape index (κ2) is 6.10. The highest BCUT2D eigenvalue weighted by molar-refractivity contribution is 5.82. The quantitative estimate of drug-likeness (QED) is 0.932. The molecule has 1 aromatic carbocycles. The monoisotopic (exact) mass is 286 g/mol. The molecule has 0 saturated carbocycles. The van der Waals surface area contributed by atoms with Gasteiger partial charge in [0.05, 0.1) is 25.2 Å². The molecule has 3 rings (SSSR count). The fourth-order valence-corrected chi connectivity index (χ4v) is 2.55. The lowest BCUT2D eigenvalue weighted by Gasteiger charge is -2.29. The first kappa shape index (κ1) is 13.8. The van der Waals surface area contributed by atoms with E-state index >= 15 is 0 Å². The predicted octanol–water partition coefficient (Wildman–Crippen LogP) is 2.09. The number of aryl methyl sites for hydroxylation is 1. The summed E-state index contributed by atoms with van der Waals surface area (Å²) in [6.07, 6.45) is 0.584. The Bertz CT molecular complexity index is 651. The molecule has 21 heavy (non-hydrogen) atoms. The highest BCUT2D eigenvalue weighted by atomic mass is 16.5. The highest BCUT2D eigenvalue weighted by Gasteiger charge is 2.11. The van der Waals surface area contributed by atoms with Crippen molar-refractivity contribution in [1.29, 1.82) is 0 Å². The van der Waals surface area contributed by atoms with Gasteiger partial charge < -0.3 is 14.7 Å². The molecule has 0 unspecified atom stereocenters. The van der Waals surface area contributed by atoms with Gasteiger partial charge in [0.2, 0.25) is 0 Å². The molecule has 0 atom stereocenters. The fraction of sp³-hybridized carbons (Fsp3) is 0.375. The molecule has 1 aliphatic heterocycles. The second-order valence-corrected chi connectivity index (χ2v) is 5.17. The summed E-state index contributed by atoms with van der Waals surface area (Å²) in [5, 5.41) is 9.81. The summed E-state index contributed by atoms with van der Waals surface area (Å²) in [6, 6.07) is 10.1. The maximum absolute atomic E-state index is 10.6. The Kier molecular flexibility index (Phi) is 4.01. The van der Waals surface area contributed by atoms with Crippen LogP contribution in [-0.4, -0.2) is 42.4 Å². The standard InChI is InChI=1S/C16H18N2O3/c19-16(20)6-3-13-2-1-12-11-14(4-5-15(12)17-13)18-7-9-21-10-8-18/h1-2,4-5,11H,3,6-10H2,(H,19,20). The molecule has 2 aromatic rings. The van der Waals surface area contributed by atoms with Crippen LogP contribution in [0.1, 0.15) is 12.1 Å². The van der Waals surface area contributed by atoms with Crippen LogP contribution < -0.4 is 4.90 Å². The number of ether oxygens (including phenoxy) is 1. The Morgan fingerprint density at radius 3 is 2.81 bits per heavy atom. The van der Waals surface area contributed by atoms with Gasteiger partial charge in [-0.1, -0.05) is 6.07 Å². The average molecular weight is 286 g/mol. The number of carboxylic acid groups (broad SMARTS) is 1. The van der Waals surface area contributed by atoms with Gasteiger partial charge in [-0.05, 0) is 24.3 Å². The minimum absolute atomic E-state index is 0.115. The number of hydrogen-bond donors (Lipinski definition) is 1. The van der Waals surface area contributed by atoms with Crippen LogP contribution in [0.25, 0.3) is 10.9 Å². The Labute approximate surface area is 123 Å². The summed E-state index contributed by atoms with van der Waals surface area (Å²) in [6.45, 7) is 3.36. The predicted molar refractivity (Wildman–Crippen MR) is 80.7 cm³/mol. The van der Waals surface area contributed by atoms with Crippen LogP contribution in [0, 0.1) is 0 Å². The van der Waals surface area contributed by atoms with E-state index in [1.165, 1.54) is 5.69 Å². The Balaban J connectivity index is 1.82. The number of anilines is 1. The van der Waals surface area contributed by atoms with E-state index in [4.69, 9.17) is 9.84 Å². The zero-order chi connectivity index (χ0) is 14.7. The molecule has 5 heteroatoms. The van der Waals surface area contributed by atoms with Crippen molar-refractivity contribution < 1.29 is 14.6 Å². The zero-order valence-electron chi connectivity index (χ0n) is 11.8. The maximum atomic E-state index is 10.6. The molecule has 1 aliphatic rings. The van der Waals surface area contributed by atoms with Crippen molar-refractivity contribution in [2.45, 2.75) is 12.8 Å². The number of benzene rings is 1. The SMILES string of the molecule is O=C(O)CCc1ccc2cc(N3CCOCC3)ccc2n1. The summed E-state index contributed by atoms with van der Waals surface area (Å²) in [7, 11) is 0. The summed E-state index contributed by atoms with van der Waals surface area (Å²) in [5.41, 5.74) is 2.92. The lowest BCUT2D eigenvalue weighted by molar-refractivity contribution is -0.136. The van der Waals surface area contributed by atoms with Gasteiger partial charge in [-0.25, -0.2) is 0 Å². The molecule has 2 heterocycles. The first-order valence-electron chi connectivity index (χ1n) is 7.16. The molecule has 1 aromatic heterocycles. The smallest absolute Gasteiger partial charge is 0.303 e. The van der Waals surface area contributed by atoms with E-state index in [2.05, 4.69) is 22.0 Å². The van der Waals surface area contributed by atoms with Crippen LogP contribution in [-0.2, 0) is 16.0 Å². The van der Waals surface area contributed by atoms with E-state index in [9.17, 15) is 4.79 Å². The topological polar surface area (TPSA) is 62.7 Å². The van der Waals surface area contributed by atoms with E-state index < -0.39 is 5.97 Å². The fourth-order valence-electron chi connectivity index (χ4n) is 2.55. The third-order valence-corrected chi connectivity index (χ3v) is 3.70. The molecular formula is C16H18N2O3. The number of fused-ring (bicyclic) bond motifs is 1. The number of rotatable bonds is 4. The van der Waals surface area contributed by atoms with E-state index in [0.29, 0.717) is 6.42 Å². The number of aromatic nitrogens is 1. The van der Waals surface area contributed by atoms with Crippen LogP contribution in [0.5, 0.6) is 0 Å². The largest absolute Gasteiger partial charge is 0.481 e. The third-order valence-electron chi connectivity index (χ3n) is 3.70. The number of carboxylic acids is 1. The van der Waals surface area contributed by atoms with E-state index in [0.717, 1.165) is 42.9 Å². The number of carbonyl (C=O) groups is 1. The van der Waals surface area contributed by atoms with Gasteiger partial charge >= 0.3 is 5.97 Å². The second-order valence-electron chi connectivity index (χ2n) is 5.17. The first-order chi connectivity index (χ1) is 10.2. The molecule has 0 spiro atoms. The van der Waals surface area contributed by atoms with Crippen LogP contribution >= 0.6 is 0 Å². The van der Waals surface area contributed by atoms with Gasteiger partial charge in [0.25, 0.3) is 0 Å². The number of hydrogen-bond acceptors (Lipinski definition) is 4. The first-order valence-corrected chi connectivity index (χ1v) is 7.16. The average Bonchev–Trinajstić information content (AvgIpc) is 2.53. The Hall–Kier alpha value is -2.14. The number of nitrogens with zero attached hydrogens (tertiary/aromatic N) is 2. The molecule has 0 aliphatic carbocycles. The van der Waals surface area contributed by atoms with Gasteiger partial charge in [-0.15, -0.1) is 0 Å². The van der Waals surface area contributed by atoms with E-state index in [-0.39, 0.29) is 6.42 Å². The minimum Gasteiger partial charge on any atom is -0.481 e. The Morgan fingerprint density at radius 2 is 2.05 bits per heavy atom. The number of aliphatic carboxylic acids is 1. The van der Waals surface area contributed by atoms with Gasteiger partial charge in [-0.2, -0.15) is 0 Å². The van der Waals surface area contributed by atoms with Crippen molar-refractivity contribution in [2.75, 3.05) is 31.2 Å². The van der Waals surface area contributed by atoms with Crippen molar-refractivity contribution in [3.8, 4) is 0 Å². The van der Waals surface area contributed by atoms with Gasteiger partial charge in [-0.3, -0.25) is 9.78 Å². The van der Waals surface area contributed by atoms with Crippen molar-refractivity contribution in [1.82, 2.24) is 4.98 Å². The normalized spacial score (nSPS) is 15.3. The molecule has 1 saturated heterocycles.